The molecule has 3 N–H and O–H groups in total. The molecule has 0 rings (SSSR count). The Labute approximate surface area is 227 Å². The van der Waals surface area contributed by atoms with Gasteiger partial charge in [-0.3, -0.25) is 19.2 Å². The molecule has 216 valence electrons. The summed E-state index contributed by atoms with van der Waals surface area (Å²) < 4.78 is 0. The summed E-state index contributed by atoms with van der Waals surface area (Å²) in [6.45, 7) is 4.67. The smallest absolute Gasteiger partial charge is 0.220 e. The molecule has 2 atom stereocenters. The van der Waals surface area contributed by atoms with Crippen LogP contribution in [0.5, 0.6) is 0 Å². The van der Waals surface area contributed by atoms with Gasteiger partial charge in [-0.25, -0.2) is 0 Å². The Kier molecular flexibility index (Phi) is 23.2. The Morgan fingerprint density at radius 3 is 1.68 bits per heavy atom. The molecule has 0 aliphatic rings. The zero-order valence-electron chi connectivity index (χ0n) is 24.2. The van der Waals surface area contributed by atoms with Crippen LogP contribution in [0, 0.1) is 0 Å². The van der Waals surface area contributed by atoms with Crippen LogP contribution in [0.25, 0.3) is 0 Å². The first-order chi connectivity index (χ1) is 17.7. The molecular formula is C29H56N2O5P+. The van der Waals surface area contributed by atoms with Gasteiger partial charge >= 0.3 is 0 Å². The molecule has 0 spiro atoms. The molecule has 37 heavy (non-hydrogen) atoms. The van der Waals surface area contributed by atoms with Gasteiger partial charge < -0.3 is 15.1 Å². The Bertz CT molecular complexity index is 642. The lowest BCUT2D eigenvalue weighted by Gasteiger charge is -2.19. The summed E-state index contributed by atoms with van der Waals surface area (Å²) in [7, 11) is 1.39. The summed E-state index contributed by atoms with van der Waals surface area (Å²) in [5, 5.41) is 2.78. The van der Waals surface area contributed by atoms with Crippen LogP contribution in [0.3, 0.4) is 0 Å². The Morgan fingerprint density at radius 2 is 1.19 bits per heavy atom. The summed E-state index contributed by atoms with van der Waals surface area (Å²) >= 11 is 0. The lowest BCUT2D eigenvalue weighted by Crippen LogP contribution is -3.05. The van der Waals surface area contributed by atoms with Gasteiger partial charge in [-0.15, -0.1) is 0 Å². The van der Waals surface area contributed by atoms with Crippen molar-refractivity contribution < 1.29 is 29.0 Å². The number of Topliss-reactive ketones (excluding diaryl/α,β-unsaturated/α-hetero) is 1. The molecular weight excluding hydrogens is 487 g/mol. The summed E-state index contributed by atoms with van der Waals surface area (Å²) in [6.07, 6.45) is 17.6. The number of quaternary nitrogens is 1. The lowest BCUT2D eigenvalue weighted by atomic mass is 10.0. The Hall–Kier alpha value is -1.17. The largest absolute Gasteiger partial charge is 0.360 e. The standard InChI is InChI=1S/C29H55N2O5P/c1-5-7-8-9-10-11-12-13-14-15-16-17-18-20-26(32)23-25(30-27(33)19-6-2)24-29(35)37(36)28(34)21-22-31(3)4/h25,36H,5-24H2,1-4H3,(H,30,33)/p+1. The van der Waals surface area contributed by atoms with Crippen LogP contribution >= 0.6 is 8.15 Å². The highest BCUT2D eigenvalue weighted by Gasteiger charge is 2.28. The SMILES string of the molecule is CCCCCCCCCCCCCCCC(=O)CC(CC(=O)P(O)C(=O)CC[NH+](C)C)NC(=O)CCC. The molecule has 0 aliphatic heterocycles. The summed E-state index contributed by atoms with van der Waals surface area (Å²) in [6, 6.07) is -0.662. The van der Waals surface area contributed by atoms with Crippen molar-refractivity contribution in [3.8, 4) is 0 Å². The quantitative estimate of drug-likeness (QED) is 0.104. The second kappa shape index (κ2) is 23.9. The average molecular weight is 544 g/mol. The zero-order chi connectivity index (χ0) is 27.9. The van der Waals surface area contributed by atoms with Crippen molar-refractivity contribution in [2.75, 3.05) is 20.6 Å². The van der Waals surface area contributed by atoms with E-state index in [9.17, 15) is 24.1 Å². The maximum atomic E-state index is 12.6. The summed E-state index contributed by atoms with van der Waals surface area (Å²) in [4.78, 5) is 60.7. The van der Waals surface area contributed by atoms with Crippen LogP contribution < -0.4 is 10.2 Å². The lowest BCUT2D eigenvalue weighted by molar-refractivity contribution is -0.857. The Balaban J connectivity index is 4.28. The number of carbonyl (C=O) groups is 4. The first kappa shape index (κ1) is 35.8. The highest BCUT2D eigenvalue weighted by molar-refractivity contribution is 7.84. The topological polar surface area (TPSA) is 105 Å². The van der Waals surface area contributed by atoms with Crippen LogP contribution in [0.1, 0.15) is 136 Å². The number of hydrogen-bond donors (Lipinski definition) is 3. The molecule has 0 heterocycles. The number of carbonyl (C=O) groups excluding carboxylic acids is 4. The Morgan fingerprint density at radius 1 is 0.676 bits per heavy atom. The maximum absolute atomic E-state index is 12.6. The monoisotopic (exact) mass is 543 g/mol. The highest BCUT2D eigenvalue weighted by atomic mass is 31.1. The van der Waals surface area contributed by atoms with Crippen molar-refractivity contribution in [3.05, 3.63) is 0 Å². The van der Waals surface area contributed by atoms with E-state index in [0.717, 1.165) is 24.2 Å². The molecule has 0 bridgehead atoms. The number of hydrogen-bond acceptors (Lipinski definition) is 5. The van der Waals surface area contributed by atoms with E-state index >= 15 is 0 Å². The number of amides is 1. The number of ketones is 1. The molecule has 0 aliphatic carbocycles. The molecule has 2 unspecified atom stereocenters. The van der Waals surface area contributed by atoms with E-state index in [1.165, 1.54) is 64.2 Å². The molecule has 0 aromatic rings. The van der Waals surface area contributed by atoms with E-state index < -0.39 is 25.2 Å². The van der Waals surface area contributed by atoms with E-state index in [0.29, 0.717) is 25.8 Å². The van der Waals surface area contributed by atoms with Gasteiger partial charge in [0, 0.05) is 31.7 Å². The fraction of sp³-hybridized carbons (Fsp3) is 0.862. The van der Waals surface area contributed by atoms with Crippen LogP contribution in [-0.4, -0.2) is 54.3 Å². The van der Waals surface area contributed by atoms with E-state index in [1.54, 1.807) is 0 Å². The molecule has 0 aromatic carbocycles. The highest BCUT2D eigenvalue weighted by Crippen LogP contribution is 2.35. The van der Waals surface area contributed by atoms with Crippen molar-refractivity contribution in [3.63, 3.8) is 0 Å². The van der Waals surface area contributed by atoms with E-state index in [2.05, 4.69) is 12.2 Å². The second-order valence-corrected chi connectivity index (χ2v) is 12.4. The van der Waals surface area contributed by atoms with Crippen molar-refractivity contribution in [2.45, 2.75) is 142 Å². The van der Waals surface area contributed by atoms with Crippen molar-refractivity contribution >= 4 is 30.9 Å². The second-order valence-electron chi connectivity index (χ2n) is 10.8. The van der Waals surface area contributed by atoms with Gasteiger partial charge in [0.25, 0.3) is 0 Å². The van der Waals surface area contributed by atoms with Gasteiger partial charge in [-0.1, -0.05) is 90.9 Å². The molecule has 0 fully saturated rings. The molecule has 0 radical (unpaired) electrons. The van der Waals surface area contributed by atoms with Crippen LogP contribution in [0.2, 0.25) is 0 Å². The molecule has 8 heteroatoms. The zero-order valence-corrected chi connectivity index (χ0v) is 25.1. The van der Waals surface area contributed by atoms with Gasteiger partial charge in [-0.2, -0.15) is 0 Å². The predicted octanol–water partition coefficient (Wildman–Crippen LogP) is 5.08. The normalized spacial score (nSPS) is 12.9. The third-order valence-electron chi connectivity index (χ3n) is 6.61. The minimum Gasteiger partial charge on any atom is -0.360 e. The minimum atomic E-state index is -2.41. The average Bonchev–Trinajstić information content (AvgIpc) is 2.84. The summed E-state index contributed by atoms with van der Waals surface area (Å²) in [5.41, 5.74) is -1.01. The van der Waals surface area contributed by atoms with Crippen molar-refractivity contribution in [1.82, 2.24) is 5.32 Å². The van der Waals surface area contributed by atoms with Gasteiger partial charge in [-0.05, 0) is 12.8 Å². The molecule has 1 amide bonds. The fourth-order valence-electron chi connectivity index (χ4n) is 4.32. The fourth-order valence-corrected chi connectivity index (χ4v) is 5.31. The van der Waals surface area contributed by atoms with Crippen molar-refractivity contribution in [2.24, 2.45) is 0 Å². The van der Waals surface area contributed by atoms with Crippen LogP contribution in [-0.2, 0) is 19.2 Å². The first-order valence-corrected chi connectivity index (χ1v) is 16.1. The van der Waals surface area contributed by atoms with Gasteiger partial charge in [0.2, 0.25) is 5.91 Å². The van der Waals surface area contributed by atoms with Gasteiger partial charge in [0.05, 0.1) is 27.1 Å². The van der Waals surface area contributed by atoms with Gasteiger partial charge in [0.15, 0.2) is 19.2 Å². The predicted molar refractivity (Wildman–Crippen MR) is 153 cm³/mol. The third kappa shape index (κ3) is 21.5. The minimum absolute atomic E-state index is 0.0162. The van der Waals surface area contributed by atoms with Gasteiger partial charge in [0.1, 0.15) is 5.78 Å². The molecule has 0 saturated heterocycles. The number of unbranched alkanes of at least 4 members (excludes halogenated alkanes) is 12. The third-order valence-corrected chi connectivity index (χ3v) is 7.96. The maximum Gasteiger partial charge on any atom is 0.220 e. The van der Waals surface area contributed by atoms with Crippen LogP contribution in [0.15, 0.2) is 0 Å². The molecule has 7 nitrogen and oxygen atoms in total. The molecule has 0 saturated carbocycles. The van der Waals surface area contributed by atoms with Crippen LogP contribution in [0.4, 0.5) is 0 Å². The summed E-state index contributed by atoms with van der Waals surface area (Å²) in [5.74, 6) is -0.193. The van der Waals surface area contributed by atoms with E-state index in [4.69, 9.17) is 0 Å². The number of nitrogens with one attached hydrogen (secondary N) is 2. The van der Waals surface area contributed by atoms with E-state index in [1.807, 2.05) is 21.0 Å². The van der Waals surface area contributed by atoms with E-state index in [-0.39, 0.29) is 31.0 Å². The van der Waals surface area contributed by atoms with Crippen molar-refractivity contribution in [1.29, 1.82) is 0 Å². The molecule has 0 aromatic heterocycles. The first-order valence-electron chi connectivity index (χ1n) is 14.9. The number of rotatable bonds is 26.